The zero-order valence-electron chi connectivity index (χ0n) is 10.3. The molecule has 5 nitrogen and oxygen atoms in total. The van der Waals surface area contributed by atoms with Gasteiger partial charge in [-0.15, -0.1) is 11.3 Å². The molecule has 2 heterocycles. The SMILES string of the molecule is O=C(O)/C=C/c1ccsc1C(=O)N1CCC(O)CC1. The summed E-state index contributed by atoms with van der Waals surface area (Å²) < 4.78 is 0. The van der Waals surface area contributed by atoms with E-state index < -0.39 is 5.97 Å². The number of aliphatic hydroxyl groups is 1. The summed E-state index contributed by atoms with van der Waals surface area (Å²) in [6.07, 6.45) is 3.33. The molecule has 0 radical (unpaired) electrons. The van der Waals surface area contributed by atoms with E-state index in [1.54, 1.807) is 16.3 Å². The predicted molar refractivity (Wildman–Crippen MR) is 72.1 cm³/mol. The molecule has 0 saturated carbocycles. The number of carboxylic acids is 1. The van der Waals surface area contributed by atoms with Gasteiger partial charge in [-0.25, -0.2) is 4.79 Å². The average molecular weight is 281 g/mol. The third-order valence-electron chi connectivity index (χ3n) is 3.05. The Morgan fingerprint density at radius 2 is 2.05 bits per heavy atom. The molecule has 2 N–H and O–H groups in total. The van der Waals surface area contributed by atoms with Crippen molar-refractivity contribution in [1.82, 2.24) is 4.90 Å². The van der Waals surface area contributed by atoms with Crippen LogP contribution in [0.5, 0.6) is 0 Å². The highest BCUT2D eigenvalue weighted by atomic mass is 32.1. The lowest BCUT2D eigenvalue weighted by Crippen LogP contribution is -2.39. The number of carbonyl (C=O) groups is 2. The fraction of sp³-hybridized carbons (Fsp3) is 0.385. The highest BCUT2D eigenvalue weighted by Gasteiger charge is 2.24. The maximum atomic E-state index is 12.3. The van der Waals surface area contributed by atoms with Gasteiger partial charge in [0.05, 0.1) is 11.0 Å². The molecular weight excluding hydrogens is 266 g/mol. The first-order chi connectivity index (χ1) is 9.08. The second-order valence-electron chi connectivity index (χ2n) is 4.40. The number of aliphatic carboxylic acids is 1. The second-order valence-corrected chi connectivity index (χ2v) is 5.32. The Balaban J connectivity index is 2.11. The van der Waals surface area contributed by atoms with E-state index >= 15 is 0 Å². The van der Waals surface area contributed by atoms with E-state index in [4.69, 9.17) is 5.11 Å². The first-order valence-corrected chi connectivity index (χ1v) is 6.91. The highest BCUT2D eigenvalue weighted by Crippen LogP contribution is 2.22. The van der Waals surface area contributed by atoms with Crippen LogP contribution >= 0.6 is 11.3 Å². The van der Waals surface area contributed by atoms with Gasteiger partial charge in [0, 0.05) is 19.2 Å². The minimum absolute atomic E-state index is 0.0908. The fourth-order valence-electron chi connectivity index (χ4n) is 2.00. The van der Waals surface area contributed by atoms with Gasteiger partial charge in [-0.05, 0) is 35.9 Å². The van der Waals surface area contributed by atoms with Gasteiger partial charge >= 0.3 is 5.97 Å². The van der Waals surface area contributed by atoms with Crippen molar-refractivity contribution in [2.45, 2.75) is 18.9 Å². The Morgan fingerprint density at radius 3 is 2.68 bits per heavy atom. The van der Waals surface area contributed by atoms with Gasteiger partial charge in [0.2, 0.25) is 0 Å². The largest absolute Gasteiger partial charge is 0.478 e. The van der Waals surface area contributed by atoms with E-state index in [2.05, 4.69) is 0 Å². The summed E-state index contributed by atoms with van der Waals surface area (Å²) in [5.41, 5.74) is 0.628. The number of thiophene rings is 1. The number of nitrogens with zero attached hydrogens (tertiary/aromatic N) is 1. The van der Waals surface area contributed by atoms with Crippen LogP contribution in [0.3, 0.4) is 0 Å². The monoisotopic (exact) mass is 281 g/mol. The van der Waals surface area contributed by atoms with E-state index in [1.807, 2.05) is 0 Å². The number of carbonyl (C=O) groups excluding carboxylic acids is 1. The molecule has 0 unspecified atom stereocenters. The Hall–Kier alpha value is -1.66. The number of carboxylic acid groups (broad SMARTS) is 1. The van der Waals surface area contributed by atoms with Gasteiger partial charge in [0.1, 0.15) is 0 Å². The van der Waals surface area contributed by atoms with Crippen LogP contribution < -0.4 is 0 Å². The van der Waals surface area contributed by atoms with E-state index in [1.165, 1.54) is 17.4 Å². The molecule has 1 fully saturated rings. The Bertz CT molecular complexity index is 500. The molecule has 1 amide bonds. The van der Waals surface area contributed by atoms with Crippen molar-refractivity contribution in [3.8, 4) is 0 Å². The maximum absolute atomic E-state index is 12.3. The van der Waals surface area contributed by atoms with Crippen molar-refractivity contribution in [1.29, 1.82) is 0 Å². The summed E-state index contributed by atoms with van der Waals surface area (Å²) in [7, 11) is 0. The number of likely N-dealkylation sites (tertiary alicyclic amines) is 1. The van der Waals surface area contributed by atoms with E-state index in [-0.39, 0.29) is 12.0 Å². The van der Waals surface area contributed by atoms with E-state index in [0.29, 0.717) is 36.4 Å². The maximum Gasteiger partial charge on any atom is 0.328 e. The van der Waals surface area contributed by atoms with Crippen molar-refractivity contribution in [3.63, 3.8) is 0 Å². The van der Waals surface area contributed by atoms with Gasteiger partial charge in [0.25, 0.3) is 5.91 Å². The number of rotatable bonds is 3. The molecule has 1 aliphatic rings. The van der Waals surface area contributed by atoms with Crippen molar-refractivity contribution < 1.29 is 19.8 Å². The lowest BCUT2D eigenvalue weighted by atomic mass is 10.1. The van der Waals surface area contributed by atoms with Crippen molar-refractivity contribution >= 4 is 29.3 Å². The minimum atomic E-state index is -1.04. The Morgan fingerprint density at radius 1 is 1.37 bits per heavy atom. The summed E-state index contributed by atoms with van der Waals surface area (Å²) >= 11 is 1.31. The molecule has 6 heteroatoms. The number of hydrogen-bond donors (Lipinski definition) is 2. The molecule has 0 spiro atoms. The van der Waals surface area contributed by atoms with Gasteiger partial charge in [0.15, 0.2) is 0 Å². The molecule has 1 aliphatic heterocycles. The second kappa shape index (κ2) is 5.99. The molecule has 2 rings (SSSR count). The molecule has 1 saturated heterocycles. The summed E-state index contributed by atoms with van der Waals surface area (Å²) in [6, 6.07) is 1.73. The number of piperidine rings is 1. The third-order valence-corrected chi connectivity index (χ3v) is 3.97. The number of hydrogen-bond acceptors (Lipinski definition) is 4. The summed E-state index contributed by atoms with van der Waals surface area (Å²) in [6.45, 7) is 1.08. The molecule has 1 aromatic rings. The summed E-state index contributed by atoms with van der Waals surface area (Å²) in [4.78, 5) is 25.1. The van der Waals surface area contributed by atoms with Crippen LogP contribution in [0.1, 0.15) is 28.1 Å². The lowest BCUT2D eigenvalue weighted by Gasteiger charge is -2.29. The van der Waals surface area contributed by atoms with Gasteiger partial charge < -0.3 is 15.1 Å². The smallest absolute Gasteiger partial charge is 0.328 e. The molecule has 0 atom stereocenters. The van der Waals surface area contributed by atoms with Crippen LogP contribution in [-0.2, 0) is 4.79 Å². The van der Waals surface area contributed by atoms with Crippen molar-refractivity contribution in [2.24, 2.45) is 0 Å². The normalized spacial score (nSPS) is 17.0. The van der Waals surface area contributed by atoms with Crippen LogP contribution in [0.25, 0.3) is 6.08 Å². The van der Waals surface area contributed by atoms with Gasteiger partial charge in [-0.1, -0.05) is 0 Å². The average Bonchev–Trinajstić information content (AvgIpc) is 2.84. The minimum Gasteiger partial charge on any atom is -0.478 e. The summed E-state index contributed by atoms with van der Waals surface area (Å²) in [5.74, 6) is -1.13. The molecule has 1 aromatic heterocycles. The number of aliphatic hydroxyl groups excluding tert-OH is 1. The van der Waals surface area contributed by atoms with Crippen molar-refractivity contribution in [3.05, 3.63) is 28.0 Å². The van der Waals surface area contributed by atoms with E-state index in [9.17, 15) is 14.7 Å². The molecule has 0 bridgehead atoms. The molecule has 0 aromatic carbocycles. The first-order valence-electron chi connectivity index (χ1n) is 6.04. The predicted octanol–water partition coefficient (Wildman–Crippen LogP) is 1.44. The van der Waals surface area contributed by atoms with Gasteiger partial charge in [-0.2, -0.15) is 0 Å². The Labute approximate surface area is 114 Å². The molecule has 102 valence electrons. The molecule has 19 heavy (non-hydrogen) atoms. The molecular formula is C13H15NO4S. The number of amides is 1. The van der Waals surface area contributed by atoms with Crippen LogP contribution in [0, 0.1) is 0 Å². The first kappa shape index (κ1) is 13.8. The Kier molecular flexibility index (Phi) is 4.34. The van der Waals surface area contributed by atoms with Crippen LogP contribution in [0.15, 0.2) is 17.5 Å². The van der Waals surface area contributed by atoms with Crippen LogP contribution in [0.4, 0.5) is 0 Å². The van der Waals surface area contributed by atoms with Gasteiger partial charge in [-0.3, -0.25) is 4.79 Å². The van der Waals surface area contributed by atoms with E-state index in [0.717, 1.165) is 6.08 Å². The lowest BCUT2D eigenvalue weighted by molar-refractivity contribution is -0.131. The standard InChI is InChI=1S/C13H15NO4S/c15-10-3-6-14(7-4-10)13(18)12-9(5-8-19-12)1-2-11(16)17/h1-2,5,8,10,15H,3-4,6-7H2,(H,16,17)/b2-1+. The quantitative estimate of drug-likeness (QED) is 0.822. The highest BCUT2D eigenvalue weighted by molar-refractivity contribution is 7.12. The van der Waals surface area contributed by atoms with Crippen molar-refractivity contribution in [2.75, 3.05) is 13.1 Å². The zero-order valence-corrected chi connectivity index (χ0v) is 11.1. The topological polar surface area (TPSA) is 77.8 Å². The zero-order chi connectivity index (χ0) is 13.8. The summed E-state index contributed by atoms with van der Waals surface area (Å²) in [5, 5.41) is 19.8. The van der Waals surface area contributed by atoms with Crippen LogP contribution in [0.2, 0.25) is 0 Å². The third kappa shape index (κ3) is 3.42. The molecule has 0 aliphatic carbocycles. The fourth-order valence-corrected chi connectivity index (χ4v) is 2.85. The van der Waals surface area contributed by atoms with Crippen LogP contribution in [-0.4, -0.2) is 46.2 Å².